The Morgan fingerprint density at radius 3 is 2.96 bits per heavy atom. The number of hydrogen-bond donors (Lipinski definition) is 1. The number of thioether (sulfide) groups is 1. The normalized spacial score (nSPS) is 16.8. The highest BCUT2D eigenvalue weighted by Crippen LogP contribution is 2.36. The first-order valence-electron chi connectivity index (χ1n) is 8.49. The summed E-state index contributed by atoms with van der Waals surface area (Å²) in [5, 5.41) is 11.5. The first-order valence-corrected chi connectivity index (χ1v) is 12.5. The van der Waals surface area contributed by atoms with Crippen LogP contribution in [0.15, 0.2) is 22.5 Å². The quantitative estimate of drug-likeness (QED) is 0.519. The van der Waals surface area contributed by atoms with Crippen molar-refractivity contribution in [3.05, 3.63) is 23.2 Å². The van der Waals surface area contributed by atoms with Crippen LogP contribution in [-0.4, -0.2) is 49.2 Å². The third-order valence-electron chi connectivity index (χ3n) is 3.81. The molecule has 0 saturated heterocycles. The fraction of sp³-hybridized carbons (Fsp3) is 0.438. The summed E-state index contributed by atoms with van der Waals surface area (Å²) in [6.45, 7) is 2.17. The Kier molecular flexibility index (Phi) is 6.69. The summed E-state index contributed by atoms with van der Waals surface area (Å²) in [5.41, 5.74) is 0.319. The molecule has 152 valence electrons. The summed E-state index contributed by atoms with van der Waals surface area (Å²) in [4.78, 5) is 12.7. The fourth-order valence-electron chi connectivity index (χ4n) is 2.58. The first-order chi connectivity index (χ1) is 13.3. The molecule has 1 aliphatic rings. The van der Waals surface area contributed by atoms with E-state index in [4.69, 9.17) is 16.3 Å². The summed E-state index contributed by atoms with van der Waals surface area (Å²) in [7, 11) is -3.55. The van der Waals surface area contributed by atoms with Gasteiger partial charge in [-0.25, -0.2) is 8.42 Å². The highest BCUT2D eigenvalue weighted by molar-refractivity contribution is 8.01. The second kappa shape index (κ2) is 8.85. The van der Waals surface area contributed by atoms with E-state index >= 15 is 0 Å². The third-order valence-corrected chi connectivity index (χ3v) is 7.41. The molecule has 1 N–H and O–H groups in total. The van der Waals surface area contributed by atoms with Crippen LogP contribution >= 0.6 is 34.7 Å². The minimum Gasteiger partial charge on any atom is -0.478 e. The number of sulfonamides is 1. The minimum absolute atomic E-state index is 0.0952. The lowest BCUT2D eigenvalue weighted by Crippen LogP contribution is -2.35. The van der Waals surface area contributed by atoms with Gasteiger partial charge in [0.15, 0.2) is 10.4 Å². The predicted molar refractivity (Wildman–Crippen MR) is 112 cm³/mol. The number of ether oxygens (including phenoxy) is 1. The maximum Gasteiger partial charge on any atom is 0.267 e. The van der Waals surface area contributed by atoms with E-state index in [1.54, 1.807) is 23.9 Å². The molecule has 0 spiro atoms. The zero-order chi connectivity index (χ0) is 20.3. The molecule has 3 rings (SSSR count). The Bertz CT molecular complexity index is 967. The highest BCUT2D eigenvalue weighted by atomic mass is 35.5. The molecule has 28 heavy (non-hydrogen) atoms. The molecule has 0 bridgehead atoms. The maximum atomic E-state index is 12.7. The average molecular weight is 463 g/mol. The van der Waals surface area contributed by atoms with Crippen molar-refractivity contribution in [1.29, 1.82) is 0 Å². The molecular formula is C16H19ClN4O4S3. The van der Waals surface area contributed by atoms with Gasteiger partial charge in [-0.15, -0.1) is 10.2 Å². The Labute approximate surface area is 176 Å². The third kappa shape index (κ3) is 5.07. The van der Waals surface area contributed by atoms with Gasteiger partial charge in [0.2, 0.25) is 15.2 Å². The van der Waals surface area contributed by atoms with Gasteiger partial charge in [-0.1, -0.05) is 41.6 Å². The molecule has 1 amide bonds. The van der Waals surface area contributed by atoms with Crippen LogP contribution in [0.25, 0.3) is 0 Å². The van der Waals surface area contributed by atoms with E-state index in [2.05, 4.69) is 22.4 Å². The lowest BCUT2D eigenvalue weighted by atomic mass is 10.2. The van der Waals surface area contributed by atoms with Crippen molar-refractivity contribution < 1.29 is 17.9 Å². The van der Waals surface area contributed by atoms with Crippen LogP contribution in [-0.2, 0) is 14.8 Å². The van der Waals surface area contributed by atoms with E-state index in [1.807, 2.05) is 0 Å². The lowest BCUT2D eigenvalue weighted by Gasteiger charge is -2.21. The zero-order valence-electron chi connectivity index (χ0n) is 15.2. The van der Waals surface area contributed by atoms with Gasteiger partial charge in [0.25, 0.3) is 5.91 Å². The first kappa shape index (κ1) is 21.2. The molecule has 0 radical (unpaired) electrons. The molecule has 1 aromatic heterocycles. The van der Waals surface area contributed by atoms with E-state index in [-0.39, 0.29) is 18.7 Å². The van der Waals surface area contributed by atoms with Crippen LogP contribution < -0.4 is 14.4 Å². The van der Waals surface area contributed by atoms with Gasteiger partial charge >= 0.3 is 0 Å². The van der Waals surface area contributed by atoms with Crippen molar-refractivity contribution in [3.63, 3.8) is 0 Å². The van der Waals surface area contributed by atoms with Gasteiger partial charge < -0.3 is 4.74 Å². The predicted octanol–water partition coefficient (Wildman–Crippen LogP) is 3.25. The van der Waals surface area contributed by atoms with Crippen LogP contribution in [0.5, 0.6) is 5.75 Å². The second-order valence-corrected chi connectivity index (χ2v) is 10.7. The highest BCUT2D eigenvalue weighted by Gasteiger charge is 2.31. The number of carbonyl (C=O) groups excluding carboxylic acids is 1. The molecule has 0 saturated carbocycles. The molecule has 1 aromatic carbocycles. The van der Waals surface area contributed by atoms with E-state index in [0.29, 0.717) is 15.8 Å². The van der Waals surface area contributed by atoms with Gasteiger partial charge in [0.1, 0.15) is 5.75 Å². The smallest absolute Gasteiger partial charge is 0.267 e. The summed E-state index contributed by atoms with van der Waals surface area (Å²) < 4.78 is 32.2. The monoisotopic (exact) mass is 462 g/mol. The Hall–Kier alpha value is -1.56. The van der Waals surface area contributed by atoms with E-state index in [9.17, 15) is 13.2 Å². The SMILES string of the molecule is CCCSc1nnc(NC(=O)[C@@H]2CCN(S(C)(=O)=O)c3cc(Cl)ccc3O2)s1. The van der Waals surface area contributed by atoms with Gasteiger partial charge in [-0.05, 0) is 24.6 Å². The van der Waals surface area contributed by atoms with Crippen molar-refractivity contribution in [2.75, 3.05) is 28.2 Å². The number of hydrogen-bond acceptors (Lipinski definition) is 8. The summed E-state index contributed by atoms with van der Waals surface area (Å²) in [6.07, 6.45) is 1.43. The summed E-state index contributed by atoms with van der Waals surface area (Å²) >= 11 is 8.89. The van der Waals surface area contributed by atoms with Crippen molar-refractivity contribution in [3.8, 4) is 5.75 Å². The molecule has 0 fully saturated rings. The standard InChI is InChI=1S/C16H19ClN4O4S3/c1-3-8-26-16-20-19-15(27-16)18-14(22)13-6-7-21(28(2,23)24)11-9-10(17)4-5-12(11)25-13/h4-5,9,13H,3,6-8H2,1-2H3,(H,18,19,22)/t13-/m0/s1. The van der Waals surface area contributed by atoms with Crippen molar-refractivity contribution in [2.24, 2.45) is 0 Å². The summed E-state index contributed by atoms with van der Waals surface area (Å²) in [6, 6.07) is 4.66. The molecular weight excluding hydrogens is 444 g/mol. The van der Waals surface area contributed by atoms with Crippen LogP contribution in [0.2, 0.25) is 5.02 Å². The topological polar surface area (TPSA) is 101 Å². The number of amides is 1. The number of halogens is 1. The number of carbonyl (C=O) groups is 1. The Balaban J connectivity index is 1.77. The van der Waals surface area contributed by atoms with Crippen molar-refractivity contribution in [2.45, 2.75) is 30.2 Å². The van der Waals surface area contributed by atoms with Crippen LogP contribution in [0.4, 0.5) is 10.8 Å². The number of fused-ring (bicyclic) bond motifs is 1. The molecule has 0 unspecified atom stereocenters. The number of aromatic nitrogens is 2. The van der Waals surface area contributed by atoms with Gasteiger partial charge in [0.05, 0.1) is 11.9 Å². The second-order valence-electron chi connectivity index (χ2n) is 6.05. The van der Waals surface area contributed by atoms with Gasteiger partial charge in [-0.3, -0.25) is 14.4 Å². The molecule has 12 heteroatoms. The van der Waals surface area contributed by atoms with E-state index in [0.717, 1.165) is 22.8 Å². The van der Waals surface area contributed by atoms with Crippen molar-refractivity contribution >= 4 is 61.4 Å². The molecule has 2 aromatic rings. The minimum atomic E-state index is -3.55. The van der Waals surface area contributed by atoms with Gasteiger partial charge in [0, 0.05) is 23.7 Å². The van der Waals surface area contributed by atoms with E-state index in [1.165, 1.54) is 21.7 Å². The number of anilines is 2. The number of nitrogens with zero attached hydrogens (tertiary/aromatic N) is 3. The number of nitrogens with one attached hydrogen (secondary N) is 1. The average Bonchev–Trinajstić information content (AvgIpc) is 2.96. The lowest BCUT2D eigenvalue weighted by molar-refractivity contribution is -0.122. The number of benzene rings is 1. The molecule has 1 aliphatic heterocycles. The zero-order valence-corrected chi connectivity index (χ0v) is 18.4. The molecule has 0 aliphatic carbocycles. The Morgan fingerprint density at radius 1 is 1.46 bits per heavy atom. The maximum absolute atomic E-state index is 12.7. The van der Waals surface area contributed by atoms with Crippen molar-refractivity contribution in [1.82, 2.24) is 10.2 Å². The van der Waals surface area contributed by atoms with Crippen LogP contribution in [0, 0.1) is 0 Å². The Morgan fingerprint density at radius 2 is 2.25 bits per heavy atom. The number of rotatable bonds is 6. The molecule has 1 atom stereocenters. The molecule has 2 heterocycles. The largest absolute Gasteiger partial charge is 0.478 e. The fourth-order valence-corrected chi connectivity index (χ4v) is 5.36. The van der Waals surface area contributed by atoms with E-state index < -0.39 is 22.0 Å². The molecule has 8 nitrogen and oxygen atoms in total. The van der Waals surface area contributed by atoms with Crippen LogP contribution in [0.1, 0.15) is 19.8 Å². The van der Waals surface area contributed by atoms with Gasteiger partial charge in [-0.2, -0.15) is 0 Å². The summed E-state index contributed by atoms with van der Waals surface area (Å²) in [5.74, 6) is 0.804. The van der Waals surface area contributed by atoms with Crippen LogP contribution in [0.3, 0.4) is 0 Å².